The Balaban J connectivity index is 1.71. The Kier molecular flexibility index (Phi) is 7.94. The van der Waals surface area contributed by atoms with Crippen molar-refractivity contribution < 1.29 is 23.8 Å². The Morgan fingerprint density at radius 3 is 2.56 bits per heavy atom. The van der Waals surface area contributed by atoms with Gasteiger partial charge in [0, 0.05) is 30.2 Å². The van der Waals surface area contributed by atoms with Gasteiger partial charge in [0.05, 0.1) is 45.1 Å². The summed E-state index contributed by atoms with van der Waals surface area (Å²) in [6.45, 7) is 2.33. The first kappa shape index (κ1) is 25.3. The van der Waals surface area contributed by atoms with Crippen LogP contribution in [-0.2, 0) is 20.9 Å². The van der Waals surface area contributed by atoms with Gasteiger partial charge in [0.15, 0.2) is 16.7 Å². The number of pyridine rings is 1. The average Bonchev–Trinajstić information content (AvgIpc) is 3.32. The molecule has 2 aliphatic heterocycles. The van der Waals surface area contributed by atoms with Crippen molar-refractivity contribution >= 4 is 28.8 Å². The largest absolute Gasteiger partial charge is 0.493 e. The quantitative estimate of drug-likeness (QED) is 0.508. The van der Waals surface area contributed by atoms with Crippen LogP contribution in [0.15, 0.2) is 70.1 Å². The normalized spacial score (nSPS) is 16.7. The molecule has 10 heteroatoms. The standard InChI is InChI=1S/C26H28N4O5S/c1-5-19-22(25(32)35-4)23(18-7-6-8-20(33-2)24(18)34-3)30-17(15-36-26(30)29-19)13-21(31)28-14-16-9-11-27-12-10-16/h6-12,15,23H,5,13-14H2,1-4H3,(H,28,31). The van der Waals surface area contributed by atoms with Crippen molar-refractivity contribution in [1.29, 1.82) is 0 Å². The van der Waals surface area contributed by atoms with Crippen LogP contribution < -0.4 is 14.8 Å². The number of carbonyl (C=O) groups excluding carboxylic acids is 2. The molecule has 2 aromatic rings. The van der Waals surface area contributed by atoms with Gasteiger partial charge in [-0.25, -0.2) is 9.79 Å². The van der Waals surface area contributed by atoms with E-state index < -0.39 is 12.0 Å². The Morgan fingerprint density at radius 1 is 1.11 bits per heavy atom. The predicted molar refractivity (Wildman–Crippen MR) is 137 cm³/mol. The van der Waals surface area contributed by atoms with E-state index in [1.165, 1.54) is 18.9 Å². The number of esters is 1. The number of aromatic nitrogens is 1. The molecule has 0 radical (unpaired) electrons. The molecule has 2 aliphatic rings. The number of nitrogens with one attached hydrogen (secondary N) is 1. The van der Waals surface area contributed by atoms with Crippen molar-refractivity contribution in [2.24, 2.45) is 4.99 Å². The SMILES string of the molecule is CCC1=C(C(=O)OC)C(c2cccc(OC)c2OC)N2C(CC(=O)NCc3ccncc3)=CSC2=N1. The van der Waals surface area contributed by atoms with Crippen LogP contribution in [0.1, 0.15) is 36.9 Å². The van der Waals surface area contributed by atoms with Crippen molar-refractivity contribution in [3.05, 3.63) is 76.2 Å². The van der Waals surface area contributed by atoms with E-state index in [0.29, 0.717) is 46.5 Å². The van der Waals surface area contributed by atoms with Gasteiger partial charge >= 0.3 is 5.97 Å². The predicted octanol–water partition coefficient (Wildman–Crippen LogP) is 3.94. The number of hydrogen-bond donors (Lipinski definition) is 1. The third kappa shape index (κ3) is 4.94. The van der Waals surface area contributed by atoms with Crippen molar-refractivity contribution in [2.75, 3.05) is 21.3 Å². The molecule has 1 unspecified atom stereocenters. The number of thioether (sulfide) groups is 1. The number of ether oxygens (including phenoxy) is 3. The summed E-state index contributed by atoms with van der Waals surface area (Å²) in [5.74, 6) is 0.402. The monoisotopic (exact) mass is 508 g/mol. The van der Waals surface area contributed by atoms with Crippen LogP contribution in [0.4, 0.5) is 0 Å². The number of fused-ring (bicyclic) bond motifs is 1. The van der Waals surface area contributed by atoms with Gasteiger partial charge in [0.1, 0.15) is 0 Å². The maximum atomic E-state index is 13.1. The van der Waals surface area contributed by atoms with Gasteiger partial charge < -0.3 is 24.4 Å². The fourth-order valence-electron chi connectivity index (χ4n) is 4.26. The van der Waals surface area contributed by atoms with E-state index in [1.807, 2.05) is 41.5 Å². The van der Waals surface area contributed by atoms with Gasteiger partial charge in [-0.3, -0.25) is 9.78 Å². The van der Waals surface area contributed by atoms with Crippen LogP contribution in [0, 0.1) is 0 Å². The van der Waals surface area contributed by atoms with Crippen LogP contribution >= 0.6 is 11.8 Å². The van der Waals surface area contributed by atoms with Gasteiger partial charge in [0.2, 0.25) is 5.91 Å². The number of hydrogen-bond acceptors (Lipinski definition) is 9. The summed E-state index contributed by atoms with van der Waals surface area (Å²) < 4.78 is 16.4. The number of aliphatic imine (C=N–C) groups is 1. The highest BCUT2D eigenvalue weighted by molar-refractivity contribution is 8.16. The van der Waals surface area contributed by atoms with Crippen molar-refractivity contribution in [2.45, 2.75) is 32.4 Å². The van der Waals surface area contributed by atoms with E-state index in [1.54, 1.807) is 32.7 Å². The first-order valence-electron chi connectivity index (χ1n) is 11.4. The lowest BCUT2D eigenvalue weighted by atomic mass is 9.92. The highest BCUT2D eigenvalue weighted by atomic mass is 32.2. The number of rotatable bonds is 9. The van der Waals surface area contributed by atoms with Crippen LogP contribution in [0.25, 0.3) is 0 Å². The molecule has 0 fully saturated rings. The van der Waals surface area contributed by atoms with Gasteiger partial charge in [-0.2, -0.15) is 0 Å². The van der Waals surface area contributed by atoms with E-state index in [-0.39, 0.29) is 12.3 Å². The number of carbonyl (C=O) groups is 2. The summed E-state index contributed by atoms with van der Waals surface area (Å²) in [6, 6.07) is 8.62. The first-order chi connectivity index (χ1) is 17.5. The number of amidine groups is 1. The zero-order valence-corrected chi connectivity index (χ0v) is 21.4. The van der Waals surface area contributed by atoms with Crippen LogP contribution in [0.3, 0.4) is 0 Å². The molecule has 188 valence electrons. The zero-order valence-electron chi connectivity index (χ0n) is 20.6. The fraction of sp³-hybridized carbons (Fsp3) is 0.308. The summed E-state index contributed by atoms with van der Waals surface area (Å²) in [7, 11) is 4.47. The molecule has 0 bridgehead atoms. The maximum absolute atomic E-state index is 13.1. The van der Waals surface area contributed by atoms with Crippen molar-refractivity contribution in [3.63, 3.8) is 0 Å². The molecular formula is C26H28N4O5S. The number of nitrogens with zero attached hydrogens (tertiary/aromatic N) is 3. The molecule has 1 amide bonds. The van der Waals surface area contributed by atoms with Crippen LogP contribution in [0.2, 0.25) is 0 Å². The molecule has 3 heterocycles. The number of methoxy groups -OCH3 is 3. The second-order valence-corrected chi connectivity index (χ2v) is 8.83. The summed E-state index contributed by atoms with van der Waals surface area (Å²) in [5.41, 5.74) is 3.42. The Labute approximate surface area is 214 Å². The maximum Gasteiger partial charge on any atom is 0.338 e. The topological polar surface area (TPSA) is 102 Å². The highest BCUT2D eigenvalue weighted by Crippen LogP contribution is 2.49. The molecule has 9 nitrogen and oxygen atoms in total. The third-order valence-electron chi connectivity index (χ3n) is 5.94. The van der Waals surface area contributed by atoms with Crippen LogP contribution in [-0.4, -0.2) is 48.3 Å². The zero-order chi connectivity index (χ0) is 25.7. The molecule has 36 heavy (non-hydrogen) atoms. The first-order valence-corrected chi connectivity index (χ1v) is 12.3. The molecule has 1 atom stereocenters. The summed E-state index contributed by atoms with van der Waals surface area (Å²) >= 11 is 1.42. The van der Waals surface area contributed by atoms with E-state index in [4.69, 9.17) is 19.2 Å². The van der Waals surface area contributed by atoms with Crippen molar-refractivity contribution in [3.8, 4) is 11.5 Å². The molecule has 1 N–H and O–H groups in total. The van der Waals surface area contributed by atoms with E-state index in [0.717, 1.165) is 11.3 Å². The van der Waals surface area contributed by atoms with Crippen molar-refractivity contribution in [1.82, 2.24) is 15.2 Å². The Bertz CT molecular complexity index is 1240. The minimum Gasteiger partial charge on any atom is -0.493 e. The smallest absolute Gasteiger partial charge is 0.338 e. The van der Waals surface area contributed by atoms with Gasteiger partial charge in [-0.15, -0.1) is 0 Å². The number of allylic oxidation sites excluding steroid dienone is 1. The highest BCUT2D eigenvalue weighted by Gasteiger charge is 2.43. The summed E-state index contributed by atoms with van der Waals surface area (Å²) in [6.07, 6.45) is 4.01. The molecule has 0 saturated carbocycles. The van der Waals surface area contributed by atoms with E-state index in [2.05, 4.69) is 10.3 Å². The lowest BCUT2D eigenvalue weighted by Gasteiger charge is -2.37. The van der Waals surface area contributed by atoms with Crippen LogP contribution in [0.5, 0.6) is 11.5 Å². The molecular weight excluding hydrogens is 480 g/mol. The minimum absolute atomic E-state index is 0.107. The molecule has 1 aromatic carbocycles. The minimum atomic E-state index is -0.612. The van der Waals surface area contributed by atoms with Gasteiger partial charge in [-0.1, -0.05) is 30.8 Å². The fourth-order valence-corrected chi connectivity index (χ4v) is 5.20. The summed E-state index contributed by atoms with van der Waals surface area (Å²) in [4.78, 5) is 36.7. The van der Waals surface area contributed by atoms with E-state index >= 15 is 0 Å². The van der Waals surface area contributed by atoms with E-state index in [9.17, 15) is 9.59 Å². The third-order valence-corrected chi connectivity index (χ3v) is 6.83. The second kappa shape index (κ2) is 11.3. The van der Waals surface area contributed by atoms with Gasteiger partial charge in [0.25, 0.3) is 0 Å². The second-order valence-electron chi connectivity index (χ2n) is 7.99. The molecule has 0 aliphatic carbocycles. The lowest BCUT2D eigenvalue weighted by Crippen LogP contribution is -2.38. The lowest BCUT2D eigenvalue weighted by molar-refractivity contribution is -0.136. The molecule has 4 rings (SSSR count). The number of amides is 1. The molecule has 0 spiro atoms. The Morgan fingerprint density at radius 2 is 1.89 bits per heavy atom. The Hall–Kier alpha value is -3.79. The molecule has 0 saturated heterocycles. The van der Waals surface area contributed by atoms with Gasteiger partial charge in [-0.05, 0) is 35.6 Å². The molecule has 1 aromatic heterocycles. The number of para-hydroxylation sites is 1. The summed E-state index contributed by atoms with van der Waals surface area (Å²) in [5, 5.41) is 5.54. The average molecular weight is 509 g/mol. The number of benzene rings is 1.